The topological polar surface area (TPSA) is 34.1 Å². The molecule has 0 aliphatic carbocycles. The van der Waals surface area contributed by atoms with Crippen LogP contribution in [0, 0.1) is 0 Å². The molecule has 0 aromatic rings. The monoisotopic (exact) mass is 232 g/mol. The zero-order valence-electron chi connectivity index (χ0n) is 9.87. The van der Waals surface area contributed by atoms with Gasteiger partial charge >= 0.3 is 0 Å². The summed E-state index contributed by atoms with van der Waals surface area (Å²) in [5.41, 5.74) is 0. The average Bonchev–Trinajstić information content (AvgIpc) is 2.79. The highest BCUT2D eigenvalue weighted by atomic mass is 32.2. The van der Waals surface area contributed by atoms with Crippen molar-refractivity contribution in [1.82, 2.24) is 0 Å². The summed E-state index contributed by atoms with van der Waals surface area (Å²) in [6.45, 7) is 2.23. The van der Waals surface area contributed by atoms with Crippen molar-refractivity contribution in [3.8, 4) is 0 Å². The lowest BCUT2D eigenvalue weighted by molar-refractivity contribution is 0.565. The molecule has 1 rings (SSSR count). The van der Waals surface area contributed by atoms with Crippen molar-refractivity contribution in [3.63, 3.8) is 0 Å². The van der Waals surface area contributed by atoms with Crippen LogP contribution < -0.4 is 0 Å². The molecule has 0 amide bonds. The van der Waals surface area contributed by atoms with Crippen LogP contribution in [0.2, 0.25) is 0 Å². The minimum absolute atomic E-state index is 0.0394. The van der Waals surface area contributed by atoms with E-state index in [0.29, 0.717) is 5.75 Å². The Balaban J connectivity index is 1.78. The predicted octanol–water partition coefficient (Wildman–Crippen LogP) is 3.31. The van der Waals surface area contributed by atoms with Gasteiger partial charge in [-0.15, -0.1) is 0 Å². The second-order valence-corrected chi connectivity index (χ2v) is 7.04. The lowest BCUT2D eigenvalue weighted by Crippen LogP contribution is -1.89. The van der Waals surface area contributed by atoms with Crippen LogP contribution in [0.1, 0.15) is 64.7 Å². The predicted molar refractivity (Wildman–Crippen MR) is 64.8 cm³/mol. The largest absolute Gasteiger partial charge is 0.228 e. The first kappa shape index (κ1) is 13.0. The molecular formula is C12H24O2S. The summed E-state index contributed by atoms with van der Waals surface area (Å²) in [6, 6.07) is 0. The highest BCUT2D eigenvalue weighted by Gasteiger charge is 2.42. The lowest BCUT2D eigenvalue weighted by atomic mass is 10.1. The Morgan fingerprint density at radius 3 is 1.87 bits per heavy atom. The first-order valence-electron chi connectivity index (χ1n) is 6.38. The average molecular weight is 232 g/mol. The van der Waals surface area contributed by atoms with Crippen molar-refractivity contribution in [2.45, 2.75) is 70.0 Å². The molecule has 1 aliphatic heterocycles. The van der Waals surface area contributed by atoms with Crippen molar-refractivity contribution in [2.75, 3.05) is 5.75 Å². The molecule has 0 bridgehead atoms. The Bertz CT molecular complexity index is 257. The summed E-state index contributed by atoms with van der Waals surface area (Å²) >= 11 is 0. The van der Waals surface area contributed by atoms with E-state index in [2.05, 4.69) is 6.92 Å². The van der Waals surface area contributed by atoms with Crippen LogP contribution in [-0.2, 0) is 9.84 Å². The van der Waals surface area contributed by atoms with Crippen LogP contribution in [0.25, 0.3) is 0 Å². The van der Waals surface area contributed by atoms with Crippen molar-refractivity contribution in [1.29, 1.82) is 0 Å². The molecular weight excluding hydrogens is 208 g/mol. The molecule has 0 N–H and O–H groups in total. The van der Waals surface area contributed by atoms with Gasteiger partial charge in [0.15, 0.2) is 9.84 Å². The fraction of sp³-hybridized carbons (Fsp3) is 1.00. The Morgan fingerprint density at radius 2 is 1.40 bits per heavy atom. The van der Waals surface area contributed by atoms with E-state index in [1.165, 1.54) is 44.9 Å². The number of hydrogen-bond donors (Lipinski definition) is 0. The summed E-state index contributed by atoms with van der Waals surface area (Å²) < 4.78 is 21.8. The van der Waals surface area contributed by atoms with Gasteiger partial charge in [-0.2, -0.15) is 0 Å². The van der Waals surface area contributed by atoms with Crippen molar-refractivity contribution >= 4 is 9.84 Å². The van der Waals surface area contributed by atoms with Gasteiger partial charge in [-0.3, -0.25) is 0 Å². The minimum Gasteiger partial charge on any atom is -0.228 e. The smallest absolute Gasteiger partial charge is 0.155 e. The molecule has 0 aromatic carbocycles. The highest BCUT2D eigenvalue weighted by Crippen LogP contribution is 2.26. The summed E-state index contributed by atoms with van der Waals surface area (Å²) in [7, 11) is -2.56. The zero-order valence-corrected chi connectivity index (χ0v) is 10.7. The van der Waals surface area contributed by atoms with E-state index >= 15 is 0 Å². The maximum absolute atomic E-state index is 10.9. The molecule has 1 atom stereocenters. The van der Waals surface area contributed by atoms with E-state index in [0.717, 1.165) is 12.8 Å². The third kappa shape index (κ3) is 5.55. The number of hydrogen-bond acceptors (Lipinski definition) is 2. The first-order chi connectivity index (χ1) is 7.17. The molecule has 0 saturated carbocycles. The molecule has 1 heterocycles. The van der Waals surface area contributed by atoms with E-state index < -0.39 is 9.84 Å². The third-order valence-electron chi connectivity index (χ3n) is 3.19. The molecule has 0 aromatic heterocycles. The molecule has 1 unspecified atom stereocenters. The molecule has 0 radical (unpaired) electrons. The van der Waals surface area contributed by atoms with Crippen LogP contribution in [0.4, 0.5) is 0 Å². The van der Waals surface area contributed by atoms with Gasteiger partial charge in [0.05, 0.1) is 11.0 Å². The van der Waals surface area contributed by atoms with E-state index in [1.54, 1.807) is 0 Å². The van der Waals surface area contributed by atoms with Crippen LogP contribution >= 0.6 is 0 Å². The molecule has 2 nitrogen and oxygen atoms in total. The van der Waals surface area contributed by atoms with Gasteiger partial charge in [-0.25, -0.2) is 8.42 Å². The van der Waals surface area contributed by atoms with Crippen LogP contribution in [-0.4, -0.2) is 19.4 Å². The molecule has 1 aliphatic rings. The van der Waals surface area contributed by atoms with Gasteiger partial charge < -0.3 is 0 Å². The van der Waals surface area contributed by atoms with Gasteiger partial charge in [0.25, 0.3) is 0 Å². The van der Waals surface area contributed by atoms with Gasteiger partial charge in [-0.05, 0) is 6.42 Å². The van der Waals surface area contributed by atoms with Gasteiger partial charge in [0.1, 0.15) is 0 Å². The van der Waals surface area contributed by atoms with Crippen molar-refractivity contribution in [3.05, 3.63) is 0 Å². The molecule has 0 spiro atoms. The third-order valence-corrected chi connectivity index (χ3v) is 5.05. The van der Waals surface area contributed by atoms with E-state index in [9.17, 15) is 8.42 Å². The SMILES string of the molecule is CCCCCCCCCCC1CS1(=O)=O. The fourth-order valence-corrected chi connectivity index (χ4v) is 3.45. The van der Waals surface area contributed by atoms with E-state index in [1.807, 2.05) is 0 Å². The molecule has 90 valence electrons. The van der Waals surface area contributed by atoms with E-state index in [-0.39, 0.29) is 5.25 Å². The van der Waals surface area contributed by atoms with Gasteiger partial charge in [0.2, 0.25) is 0 Å². The number of unbranched alkanes of at least 4 members (excludes halogenated alkanes) is 7. The van der Waals surface area contributed by atoms with Gasteiger partial charge in [-0.1, -0.05) is 58.3 Å². The van der Waals surface area contributed by atoms with E-state index in [4.69, 9.17) is 0 Å². The number of rotatable bonds is 9. The molecule has 1 fully saturated rings. The standard InChI is InChI=1S/C12H24O2S/c1-2-3-4-5-6-7-8-9-10-12-11-15(12,13)14/h12H,2-11H2,1H3. The quantitative estimate of drug-likeness (QED) is 0.451. The summed E-state index contributed by atoms with van der Waals surface area (Å²) in [5, 5.41) is 0.0394. The van der Waals surface area contributed by atoms with Crippen molar-refractivity contribution < 1.29 is 8.42 Å². The number of sulfone groups is 1. The maximum Gasteiger partial charge on any atom is 0.155 e. The Labute approximate surface area is 94.4 Å². The van der Waals surface area contributed by atoms with Crippen LogP contribution in [0.3, 0.4) is 0 Å². The second kappa shape index (κ2) is 6.51. The summed E-state index contributed by atoms with van der Waals surface area (Å²) in [6.07, 6.45) is 11.3. The van der Waals surface area contributed by atoms with Crippen molar-refractivity contribution in [2.24, 2.45) is 0 Å². The van der Waals surface area contributed by atoms with Gasteiger partial charge in [0, 0.05) is 0 Å². The summed E-state index contributed by atoms with van der Waals surface area (Å²) in [5.74, 6) is 0.462. The first-order valence-corrected chi connectivity index (χ1v) is 8.10. The molecule has 1 saturated heterocycles. The maximum atomic E-state index is 10.9. The Hall–Kier alpha value is -0.0500. The molecule has 3 heteroatoms. The van der Waals surface area contributed by atoms with Crippen LogP contribution in [0.5, 0.6) is 0 Å². The zero-order chi connectivity index (χ0) is 11.1. The second-order valence-electron chi connectivity index (χ2n) is 4.72. The van der Waals surface area contributed by atoms with Crippen LogP contribution in [0.15, 0.2) is 0 Å². The summed E-state index contributed by atoms with van der Waals surface area (Å²) in [4.78, 5) is 0. The highest BCUT2D eigenvalue weighted by molar-refractivity contribution is 7.99. The Kier molecular flexibility index (Phi) is 5.65. The Morgan fingerprint density at radius 1 is 0.933 bits per heavy atom. The minimum atomic E-state index is -2.56. The molecule has 15 heavy (non-hydrogen) atoms. The fourth-order valence-electron chi connectivity index (χ4n) is 1.99. The normalized spacial score (nSPS) is 22.9. The lowest BCUT2D eigenvalue weighted by Gasteiger charge is -2.00.